The number of hydrogen-bond donors (Lipinski definition) is 1. The largest absolute Gasteiger partial charge is 0.462 e. The Morgan fingerprint density at radius 3 is 2.36 bits per heavy atom. The third kappa shape index (κ3) is 4.21. The average Bonchev–Trinajstić information content (AvgIpc) is 2.88. The van der Waals surface area contributed by atoms with Crippen LogP contribution in [-0.4, -0.2) is 30.8 Å². The van der Waals surface area contributed by atoms with E-state index in [1.807, 2.05) is 31.2 Å². The minimum atomic E-state index is -3.78. The molecule has 0 aliphatic carbocycles. The van der Waals surface area contributed by atoms with Gasteiger partial charge in [-0.15, -0.1) is 0 Å². The third-order valence-electron chi connectivity index (χ3n) is 3.60. The maximum Gasteiger partial charge on any atom is 0.368 e. The van der Waals surface area contributed by atoms with Gasteiger partial charge in [-0.3, -0.25) is 4.57 Å². The molecule has 2 aromatic rings. The highest BCUT2D eigenvalue weighted by atomic mass is 31.2. The van der Waals surface area contributed by atoms with Crippen LogP contribution in [0.1, 0.15) is 32.0 Å². The Labute approximate surface area is 147 Å². The van der Waals surface area contributed by atoms with Gasteiger partial charge < -0.3 is 18.8 Å². The SMILES string of the molecule is CCOC(=O)/C(=C\c1c(C)[nH]c2ccccc12)P(=O)(OCC)OCC. The fourth-order valence-corrected chi connectivity index (χ4v) is 4.20. The highest BCUT2D eigenvalue weighted by Crippen LogP contribution is 2.57. The lowest BCUT2D eigenvalue weighted by molar-refractivity contribution is -0.137. The van der Waals surface area contributed by atoms with Crippen LogP contribution in [0, 0.1) is 6.92 Å². The van der Waals surface area contributed by atoms with Crippen molar-refractivity contribution in [1.29, 1.82) is 0 Å². The molecule has 7 heteroatoms. The van der Waals surface area contributed by atoms with Gasteiger partial charge in [0.15, 0.2) is 0 Å². The predicted molar refractivity (Wildman–Crippen MR) is 98.5 cm³/mol. The lowest BCUT2D eigenvalue weighted by Gasteiger charge is -2.19. The zero-order valence-corrected chi connectivity index (χ0v) is 15.9. The number of ether oxygens (including phenoxy) is 1. The Balaban J connectivity index is 2.65. The van der Waals surface area contributed by atoms with Crippen molar-refractivity contribution < 1.29 is 23.1 Å². The van der Waals surface area contributed by atoms with Gasteiger partial charge in [0.2, 0.25) is 0 Å². The first-order chi connectivity index (χ1) is 12.0. The van der Waals surface area contributed by atoms with Crippen molar-refractivity contribution >= 4 is 30.5 Å². The van der Waals surface area contributed by atoms with E-state index < -0.39 is 13.6 Å². The number of aromatic amines is 1. The standard InChI is InChI=1S/C18H24NO5P/c1-5-22-18(20)17(25(21,23-6-2)24-7-3)12-15-13(4)19-16-11-9-8-10-14(15)16/h8-12,19H,5-7H2,1-4H3/b17-12+. The molecule has 0 saturated carbocycles. The van der Waals surface area contributed by atoms with Gasteiger partial charge >= 0.3 is 13.6 Å². The van der Waals surface area contributed by atoms with Gasteiger partial charge in [0.1, 0.15) is 5.31 Å². The van der Waals surface area contributed by atoms with E-state index in [2.05, 4.69) is 4.98 Å². The summed E-state index contributed by atoms with van der Waals surface area (Å²) in [7, 11) is -3.78. The van der Waals surface area contributed by atoms with E-state index in [0.29, 0.717) is 0 Å². The molecule has 0 saturated heterocycles. The fourth-order valence-electron chi connectivity index (χ4n) is 2.59. The summed E-state index contributed by atoms with van der Waals surface area (Å²) in [5.41, 5.74) is 2.54. The van der Waals surface area contributed by atoms with Crippen molar-refractivity contribution in [2.75, 3.05) is 19.8 Å². The molecule has 1 aromatic heterocycles. The van der Waals surface area contributed by atoms with Gasteiger partial charge in [-0.05, 0) is 39.8 Å². The molecule has 0 aliphatic rings. The summed E-state index contributed by atoms with van der Waals surface area (Å²) in [6.45, 7) is 7.46. The van der Waals surface area contributed by atoms with Crippen molar-refractivity contribution in [2.24, 2.45) is 0 Å². The molecule has 2 rings (SSSR count). The van der Waals surface area contributed by atoms with Gasteiger partial charge in [0, 0.05) is 22.2 Å². The van der Waals surface area contributed by atoms with E-state index in [9.17, 15) is 9.36 Å². The normalized spacial score (nSPS) is 12.6. The van der Waals surface area contributed by atoms with Crippen LogP contribution in [0.5, 0.6) is 0 Å². The molecule has 0 amide bonds. The number of carbonyl (C=O) groups is 1. The van der Waals surface area contributed by atoms with Crippen LogP contribution in [-0.2, 0) is 23.1 Å². The second-order valence-electron chi connectivity index (χ2n) is 5.29. The van der Waals surface area contributed by atoms with Gasteiger partial charge in [0.05, 0.1) is 19.8 Å². The Hall–Kier alpha value is -1.88. The Morgan fingerprint density at radius 1 is 1.12 bits per heavy atom. The first-order valence-corrected chi connectivity index (χ1v) is 9.86. The van der Waals surface area contributed by atoms with E-state index in [0.717, 1.165) is 22.2 Å². The minimum absolute atomic E-state index is 0.0918. The molecule has 1 heterocycles. The molecule has 0 radical (unpaired) electrons. The molecule has 0 fully saturated rings. The van der Waals surface area contributed by atoms with Gasteiger partial charge in [-0.25, -0.2) is 4.79 Å². The number of benzene rings is 1. The summed E-state index contributed by atoms with van der Waals surface area (Å²) in [6, 6.07) is 7.69. The summed E-state index contributed by atoms with van der Waals surface area (Å²) < 4.78 is 29.0. The summed E-state index contributed by atoms with van der Waals surface area (Å²) in [5.74, 6) is -0.697. The molecule has 136 valence electrons. The molecule has 6 nitrogen and oxygen atoms in total. The maximum absolute atomic E-state index is 13.2. The predicted octanol–water partition coefficient (Wildman–Crippen LogP) is 4.65. The van der Waals surface area contributed by atoms with Crippen LogP contribution >= 0.6 is 7.60 Å². The number of aryl methyl sites for hydroxylation is 1. The third-order valence-corrected chi connectivity index (χ3v) is 5.70. The van der Waals surface area contributed by atoms with E-state index in [1.54, 1.807) is 26.8 Å². The molecule has 0 aliphatic heterocycles. The number of nitrogens with one attached hydrogen (secondary N) is 1. The molecule has 0 unspecified atom stereocenters. The topological polar surface area (TPSA) is 77.6 Å². The smallest absolute Gasteiger partial charge is 0.368 e. The zero-order chi connectivity index (χ0) is 18.4. The van der Waals surface area contributed by atoms with Crippen molar-refractivity contribution in [3.63, 3.8) is 0 Å². The minimum Gasteiger partial charge on any atom is -0.462 e. The Bertz CT molecular complexity index is 814. The number of esters is 1. The van der Waals surface area contributed by atoms with Crippen LogP contribution in [0.25, 0.3) is 17.0 Å². The summed E-state index contributed by atoms with van der Waals surface area (Å²) >= 11 is 0. The van der Waals surface area contributed by atoms with Gasteiger partial charge in [0.25, 0.3) is 0 Å². The van der Waals surface area contributed by atoms with Crippen LogP contribution in [0.2, 0.25) is 0 Å². The Kier molecular flexibility index (Phi) is 6.59. The lowest BCUT2D eigenvalue weighted by atomic mass is 10.1. The highest BCUT2D eigenvalue weighted by Gasteiger charge is 2.36. The highest BCUT2D eigenvalue weighted by molar-refractivity contribution is 7.60. The molecule has 25 heavy (non-hydrogen) atoms. The quantitative estimate of drug-likeness (QED) is 0.419. The van der Waals surface area contributed by atoms with E-state index >= 15 is 0 Å². The van der Waals surface area contributed by atoms with Gasteiger partial charge in [-0.1, -0.05) is 18.2 Å². The van der Waals surface area contributed by atoms with Crippen molar-refractivity contribution in [2.45, 2.75) is 27.7 Å². The maximum atomic E-state index is 13.2. The van der Waals surface area contributed by atoms with Crippen LogP contribution in [0.4, 0.5) is 0 Å². The summed E-state index contributed by atoms with van der Waals surface area (Å²) in [4.78, 5) is 15.7. The van der Waals surface area contributed by atoms with Crippen molar-refractivity contribution in [3.8, 4) is 0 Å². The van der Waals surface area contributed by atoms with Crippen LogP contribution < -0.4 is 0 Å². The van der Waals surface area contributed by atoms with Gasteiger partial charge in [-0.2, -0.15) is 0 Å². The zero-order valence-electron chi connectivity index (χ0n) is 15.0. The number of fused-ring (bicyclic) bond motifs is 1. The second kappa shape index (κ2) is 8.48. The molecule has 0 bridgehead atoms. The number of carbonyl (C=O) groups excluding carboxylic acids is 1. The lowest BCUT2D eigenvalue weighted by Crippen LogP contribution is -2.11. The molecule has 1 N–H and O–H groups in total. The number of hydrogen-bond acceptors (Lipinski definition) is 5. The number of H-pyrrole nitrogens is 1. The van der Waals surface area contributed by atoms with Crippen LogP contribution in [0.3, 0.4) is 0 Å². The molecule has 0 atom stereocenters. The number of aromatic nitrogens is 1. The average molecular weight is 365 g/mol. The first kappa shape index (κ1) is 19.4. The molecular formula is C18H24NO5P. The van der Waals surface area contributed by atoms with Crippen molar-refractivity contribution in [1.82, 2.24) is 4.98 Å². The first-order valence-electron chi connectivity index (χ1n) is 8.32. The fraction of sp³-hybridized carbons (Fsp3) is 0.389. The van der Waals surface area contributed by atoms with Crippen molar-refractivity contribution in [3.05, 3.63) is 40.8 Å². The molecular weight excluding hydrogens is 341 g/mol. The van der Waals surface area contributed by atoms with Crippen LogP contribution in [0.15, 0.2) is 29.6 Å². The number of rotatable bonds is 8. The molecule has 1 aromatic carbocycles. The number of para-hydroxylation sites is 1. The van der Waals surface area contributed by atoms with E-state index in [4.69, 9.17) is 13.8 Å². The summed E-state index contributed by atoms with van der Waals surface area (Å²) in [6.07, 6.45) is 1.55. The van der Waals surface area contributed by atoms with E-state index in [-0.39, 0.29) is 25.1 Å². The monoisotopic (exact) mass is 365 g/mol. The molecule has 0 spiro atoms. The Morgan fingerprint density at radius 2 is 1.76 bits per heavy atom. The second-order valence-corrected chi connectivity index (χ2v) is 7.29. The summed E-state index contributed by atoms with van der Waals surface area (Å²) in [5, 5.41) is 0.826. The van der Waals surface area contributed by atoms with E-state index in [1.165, 1.54) is 0 Å².